The number of hydrogen-bond acceptors (Lipinski definition) is 4. The van der Waals surface area contributed by atoms with Crippen LogP contribution in [0.15, 0.2) is 46.9 Å². The number of aromatic nitrogens is 1. The van der Waals surface area contributed by atoms with Gasteiger partial charge in [0.2, 0.25) is 5.89 Å². The van der Waals surface area contributed by atoms with Gasteiger partial charge in [-0.3, -0.25) is 4.79 Å². The third kappa shape index (κ3) is 3.63. The van der Waals surface area contributed by atoms with Crippen LogP contribution in [0.3, 0.4) is 0 Å². The molecule has 3 rings (SSSR count). The Hall–Kier alpha value is -2.88. The average molecular weight is 335 g/mol. The van der Waals surface area contributed by atoms with Crippen LogP contribution in [-0.4, -0.2) is 17.9 Å². The molecular weight excluding hydrogens is 314 g/mol. The molecule has 4 nitrogen and oxygen atoms in total. The fraction of sp³-hybridized carbons (Fsp3) is 0.238. The van der Waals surface area contributed by atoms with Crippen LogP contribution in [0.1, 0.15) is 32.9 Å². The van der Waals surface area contributed by atoms with Gasteiger partial charge in [-0.25, -0.2) is 4.98 Å². The van der Waals surface area contributed by atoms with E-state index in [1.807, 2.05) is 57.2 Å². The van der Waals surface area contributed by atoms with Crippen LogP contribution in [-0.2, 0) is 6.42 Å². The second-order valence-corrected chi connectivity index (χ2v) is 6.01. The zero-order chi connectivity index (χ0) is 17.8. The van der Waals surface area contributed by atoms with E-state index in [1.165, 1.54) is 0 Å². The molecule has 128 valence electrons. The molecule has 0 amide bonds. The van der Waals surface area contributed by atoms with Crippen molar-refractivity contribution in [2.75, 3.05) is 6.61 Å². The monoisotopic (exact) mass is 335 g/mol. The number of carbonyl (C=O) groups excluding carboxylic acids is 1. The molecule has 0 atom stereocenters. The molecule has 25 heavy (non-hydrogen) atoms. The Bertz CT molecular complexity index is 882. The van der Waals surface area contributed by atoms with Crippen molar-refractivity contribution in [2.24, 2.45) is 0 Å². The number of carbonyl (C=O) groups is 1. The van der Waals surface area contributed by atoms with E-state index in [1.54, 1.807) is 6.07 Å². The van der Waals surface area contributed by atoms with Gasteiger partial charge in [-0.1, -0.05) is 18.2 Å². The van der Waals surface area contributed by atoms with E-state index in [-0.39, 0.29) is 0 Å². The molecule has 3 aromatic rings. The van der Waals surface area contributed by atoms with Crippen LogP contribution in [0.25, 0.3) is 11.5 Å². The Morgan fingerprint density at radius 2 is 1.80 bits per heavy atom. The smallest absolute Gasteiger partial charge is 0.226 e. The minimum Gasteiger partial charge on any atom is -0.493 e. The molecule has 1 aromatic heterocycles. The second kappa shape index (κ2) is 7.34. The summed E-state index contributed by atoms with van der Waals surface area (Å²) in [6.45, 7) is 6.32. The van der Waals surface area contributed by atoms with Gasteiger partial charge >= 0.3 is 0 Å². The summed E-state index contributed by atoms with van der Waals surface area (Å²) in [5.74, 6) is 2.25. The Balaban J connectivity index is 1.68. The molecule has 0 spiro atoms. The quantitative estimate of drug-likeness (QED) is 0.613. The number of ether oxygens (including phenoxy) is 1. The van der Waals surface area contributed by atoms with Gasteiger partial charge in [-0.15, -0.1) is 0 Å². The minimum absolute atomic E-state index is 0.502. The van der Waals surface area contributed by atoms with Crippen molar-refractivity contribution >= 4 is 6.29 Å². The first kappa shape index (κ1) is 17.0. The SMILES string of the molecule is Cc1oc(-c2ccccc2)nc1CCOc1ccc(C=O)c(C)c1C. The standard InChI is InChI=1S/C21H21NO3/c1-14-15(2)20(10-9-18(14)13-23)24-12-11-19-16(3)25-21(22-19)17-7-5-4-6-8-17/h4-10,13H,11-12H2,1-3H3. The van der Waals surface area contributed by atoms with Gasteiger partial charge in [0.1, 0.15) is 17.8 Å². The van der Waals surface area contributed by atoms with Gasteiger partial charge in [-0.05, 0) is 56.2 Å². The summed E-state index contributed by atoms with van der Waals surface area (Å²) in [7, 11) is 0. The van der Waals surface area contributed by atoms with Crippen LogP contribution in [0.2, 0.25) is 0 Å². The van der Waals surface area contributed by atoms with Gasteiger partial charge in [-0.2, -0.15) is 0 Å². The Morgan fingerprint density at radius 3 is 2.52 bits per heavy atom. The van der Waals surface area contributed by atoms with Gasteiger partial charge in [0.05, 0.1) is 12.3 Å². The lowest BCUT2D eigenvalue weighted by molar-refractivity contribution is 0.112. The number of nitrogens with zero attached hydrogens (tertiary/aromatic N) is 1. The third-order valence-corrected chi connectivity index (χ3v) is 4.42. The maximum atomic E-state index is 11.0. The minimum atomic E-state index is 0.502. The molecule has 0 aliphatic carbocycles. The molecule has 0 unspecified atom stereocenters. The van der Waals surface area contributed by atoms with Crippen molar-refractivity contribution in [3.8, 4) is 17.2 Å². The molecule has 0 saturated carbocycles. The molecule has 0 radical (unpaired) electrons. The molecule has 0 aliphatic rings. The van der Waals surface area contributed by atoms with Crippen molar-refractivity contribution in [3.63, 3.8) is 0 Å². The summed E-state index contributed by atoms with van der Waals surface area (Å²) in [5.41, 5.74) is 4.51. The zero-order valence-electron chi connectivity index (χ0n) is 14.7. The largest absolute Gasteiger partial charge is 0.493 e. The summed E-state index contributed by atoms with van der Waals surface area (Å²) in [4.78, 5) is 15.6. The molecule has 0 fully saturated rings. The highest BCUT2D eigenvalue weighted by Gasteiger charge is 2.12. The molecule has 0 saturated heterocycles. The highest BCUT2D eigenvalue weighted by molar-refractivity contribution is 5.78. The summed E-state index contributed by atoms with van der Waals surface area (Å²) >= 11 is 0. The summed E-state index contributed by atoms with van der Waals surface area (Å²) in [6, 6.07) is 13.5. The summed E-state index contributed by atoms with van der Waals surface area (Å²) in [5, 5.41) is 0. The van der Waals surface area contributed by atoms with E-state index in [2.05, 4.69) is 4.98 Å². The third-order valence-electron chi connectivity index (χ3n) is 4.42. The highest BCUT2D eigenvalue weighted by atomic mass is 16.5. The van der Waals surface area contributed by atoms with Gasteiger partial charge in [0.25, 0.3) is 0 Å². The van der Waals surface area contributed by atoms with E-state index >= 15 is 0 Å². The first-order valence-electron chi connectivity index (χ1n) is 8.30. The normalized spacial score (nSPS) is 10.7. The molecular formula is C21H21NO3. The topological polar surface area (TPSA) is 52.3 Å². The number of benzene rings is 2. The molecule has 0 N–H and O–H groups in total. The predicted molar refractivity (Wildman–Crippen MR) is 97.2 cm³/mol. The zero-order valence-corrected chi connectivity index (χ0v) is 14.7. The molecule has 2 aromatic carbocycles. The number of aryl methyl sites for hydroxylation is 1. The summed E-state index contributed by atoms with van der Waals surface area (Å²) < 4.78 is 11.7. The van der Waals surface area contributed by atoms with Gasteiger partial charge < -0.3 is 9.15 Å². The van der Waals surface area contributed by atoms with Crippen molar-refractivity contribution in [1.29, 1.82) is 0 Å². The van der Waals surface area contributed by atoms with Crippen LogP contribution in [0, 0.1) is 20.8 Å². The Kier molecular flexibility index (Phi) is 4.98. The van der Waals surface area contributed by atoms with Crippen LogP contribution in [0.4, 0.5) is 0 Å². The van der Waals surface area contributed by atoms with Crippen molar-refractivity contribution in [3.05, 3.63) is 70.6 Å². The fourth-order valence-corrected chi connectivity index (χ4v) is 2.72. The predicted octanol–water partition coefficient (Wildman–Crippen LogP) is 4.70. The van der Waals surface area contributed by atoms with Gasteiger partial charge in [0.15, 0.2) is 0 Å². The Morgan fingerprint density at radius 1 is 1.04 bits per heavy atom. The number of aldehydes is 1. The lowest BCUT2D eigenvalue weighted by Crippen LogP contribution is -2.05. The Labute approximate surface area is 147 Å². The van der Waals surface area contributed by atoms with E-state index in [9.17, 15) is 4.79 Å². The molecule has 0 bridgehead atoms. The number of oxazole rings is 1. The van der Waals surface area contributed by atoms with Crippen LogP contribution in [0.5, 0.6) is 5.75 Å². The van der Waals surface area contributed by atoms with Crippen molar-refractivity contribution in [2.45, 2.75) is 27.2 Å². The number of rotatable bonds is 6. The van der Waals surface area contributed by atoms with E-state index in [0.29, 0.717) is 24.5 Å². The van der Waals surface area contributed by atoms with Crippen LogP contribution >= 0.6 is 0 Å². The fourth-order valence-electron chi connectivity index (χ4n) is 2.72. The maximum absolute atomic E-state index is 11.0. The van der Waals surface area contributed by atoms with Crippen molar-refractivity contribution < 1.29 is 13.9 Å². The van der Waals surface area contributed by atoms with Gasteiger partial charge in [0, 0.05) is 17.5 Å². The summed E-state index contributed by atoms with van der Waals surface area (Å²) in [6.07, 6.45) is 1.53. The second-order valence-electron chi connectivity index (χ2n) is 6.01. The molecule has 4 heteroatoms. The first-order valence-corrected chi connectivity index (χ1v) is 8.30. The maximum Gasteiger partial charge on any atom is 0.226 e. The molecule has 1 heterocycles. The number of hydrogen-bond donors (Lipinski definition) is 0. The van der Waals surface area contributed by atoms with Crippen LogP contribution < -0.4 is 4.74 Å². The first-order chi connectivity index (χ1) is 12.1. The lowest BCUT2D eigenvalue weighted by Gasteiger charge is -2.11. The average Bonchev–Trinajstić information content (AvgIpc) is 3.00. The lowest BCUT2D eigenvalue weighted by atomic mass is 10.0. The van der Waals surface area contributed by atoms with E-state index in [0.717, 1.165) is 40.2 Å². The highest BCUT2D eigenvalue weighted by Crippen LogP contribution is 2.25. The van der Waals surface area contributed by atoms with Crippen molar-refractivity contribution in [1.82, 2.24) is 4.98 Å². The molecule has 0 aliphatic heterocycles. The van der Waals surface area contributed by atoms with E-state index < -0.39 is 0 Å². The van der Waals surface area contributed by atoms with E-state index in [4.69, 9.17) is 9.15 Å².